The molecule has 0 saturated carbocycles. The summed E-state index contributed by atoms with van der Waals surface area (Å²) in [5.74, 6) is 1.43. The van der Waals surface area contributed by atoms with Gasteiger partial charge in [0.05, 0.1) is 7.11 Å². The largest absolute Gasteiger partial charge is 0.493 e. The Kier molecular flexibility index (Phi) is 5.46. The predicted octanol–water partition coefficient (Wildman–Crippen LogP) is 3.01. The molecule has 0 saturated heterocycles. The summed E-state index contributed by atoms with van der Waals surface area (Å²) in [6.07, 6.45) is 3.75. The molecule has 0 aliphatic rings. The van der Waals surface area contributed by atoms with E-state index in [9.17, 15) is 0 Å². The molecule has 0 spiro atoms. The van der Waals surface area contributed by atoms with Crippen molar-refractivity contribution < 1.29 is 9.47 Å². The molecule has 3 heteroatoms. The lowest BCUT2D eigenvalue weighted by atomic mass is 10.1. The zero-order valence-electron chi connectivity index (χ0n) is 11.3. The van der Waals surface area contributed by atoms with E-state index >= 15 is 0 Å². The minimum atomic E-state index is 0.0488. The third-order valence-corrected chi connectivity index (χ3v) is 2.66. The zero-order chi connectivity index (χ0) is 13.5. The minimum absolute atomic E-state index is 0.0488. The highest BCUT2D eigenvalue weighted by Gasteiger charge is 2.05. The van der Waals surface area contributed by atoms with Crippen molar-refractivity contribution in [2.75, 3.05) is 13.7 Å². The quantitative estimate of drug-likeness (QED) is 0.786. The van der Waals surface area contributed by atoms with Crippen LogP contribution in [-0.2, 0) is 0 Å². The van der Waals surface area contributed by atoms with Gasteiger partial charge in [-0.3, -0.25) is 0 Å². The van der Waals surface area contributed by atoms with Gasteiger partial charge in [0.2, 0.25) is 0 Å². The first-order valence-corrected chi connectivity index (χ1v) is 5.94. The minimum Gasteiger partial charge on any atom is -0.493 e. The summed E-state index contributed by atoms with van der Waals surface area (Å²) < 4.78 is 10.8. The van der Waals surface area contributed by atoms with E-state index in [1.807, 2.05) is 38.1 Å². The number of rotatable bonds is 6. The summed E-state index contributed by atoms with van der Waals surface area (Å²) in [5.41, 5.74) is 7.99. The SMILES string of the molecule is C=CCOc1ccc(/C=C(/C)C(C)N)cc1OC. The van der Waals surface area contributed by atoms with E-state index in [-0.39, 0.29) is 6.04 Å². The third kappa shape index (κ3) is 3.93. The predicted molar refractivity (Wildman–Crippen MR) is 76.0 cm³/mol. The lowest BCUT2D eigenvalue weighted by Gasteiger charge is -2.11. The maximum Gasteiger partial charge on any atom is 0.161 e. The highest BCUT2D eigenvalue weighted by atomic mass is 16.5. The summed E-state index contributed by atoms with van der Waals surface area (Å²) in [4.78, 5) is 0. The fraction of sp³-hybridized carbons (Fsp3) is 0.333. The first-order valence-electron chi connectivity index (χ1n) is 5.94. The van der Waals surface area contributed by atoms with Gasteiger partial charge in [0.15, 0.2) is 11.5 Å². The highest BCUT2D eigenvalue weighted by molar-refractivity contribution is 5.58. The smallest absolute Gasteiger partial charge is 0.161 e. The fourth-order valence-electron chi connectivity index (χ4n) is 1.44. The van der Waals surface area contributed by atoms with Crippen LogP contribution in [0.4, 0.5) is 0 Å². The molecule has 0 aromatic heterocycles. The van der Waals surface area contributed by atoms with Crippen molar-refractivity contribution in [2.24, 2.45) is 5.73 Å². The molecule has 0 aliphatic heterocycles. The molecule has 0 fully saturated rings. The van der Waals surface area contributed by atoms with Crippen LogP contribution in [0.2, 0.25) is 0 Å². The van der Waals surface area contributed by atoms with Crippen molar-refractivity contribution in [2.45, 2.75) is 19.9 Å². The molecule has 98 valence electrons. The van der Waals surface area contributed by atoms with E-state index in [0.29, 0.717) is 18.1 Å². The summed E-state index contributed by atoms with van der Waals surface area (Å²) >= 11 is 0. The molecule has 0 aliphatic carbocycles. The Morgan fingerprint density at radius 3 is 2.72 bits per heavy atom. The second kappa shape index (κ2) is 6.87. The van der Waals surface area contributed by atoms with Crippen LogP contribution < -0.4 is 15.2 Å². The Bertz CT molecular complexity index is 436. The highest BCUT2D eigenvalue weighted by Crippen LogP contribution is 2.29. The van der Waals surface area contributed by atoms with Crippen LogP contribution in [0.5, 0.6) is 11.5 Å². The number of hydrogen-bond donors (Lipinski definition) is 1. The summed E-state index contributed by atoms with van der Waals surface area (Å²) in [7, 11) is 1.63. The van der Waals surface area contributed by atoms with Gasteiger partial charge < -0.3 is 15.2 Å². The van der Waals surface area contributed by atoms with Crippen LogP contribution in [0.25, 0.3) is 6.08 Å². The fourth-order valence-corrected chi connectivity index (χ4v) is 1.44. The molecule has 0 bridgehead atoms. The number of benzene rings is 1. The molecular weight excluding hydrogens is 226 g/mol. The van der Waals surface area contributed by atoms with Crippen LogP contribution in [0, 0.1) is 0 Å². The average molecular weight is 247 g/mol. The van der Waals surface area contributed by atoms with E-state index in [0.717, 1.165) is 11.1 Å². The number of hydrogen-bond acceptors (Lipinski definition) is 3. The van der Waals surface area contributed by atoms with E-state index in [1.165, 1.54) is 0 Å². The maximum atomic E-state index is 5.81. The number of nitrogens with two attached hydrogens (primary N) is 1. The normalized spacial score (nSPS) is 13.0. The standard InChI is InChI=1S/C15H21NO2/c1-5-8-18-14-7-6-13(10-15(14)17-4)9-11(2)12(3)16/h5-7,9-10,12H,1,8,16H2,2-4H3/b11-9-. The second-order valence-electron chi connectivity index (χ2n) is 4.19. The van der Waals surface area contributed by atoms with Gasteiger partial charge in [-0.15, -0.1) is 0 Å². The summed E-state index contributed by atoms with van der Waals surface area (Å²) in [6, 6.07) is 5.85. The molecule has 0 heterocycles. The maximum absolute atomic E-state index is 5.81. The van der Waals surface area contributed by atoms with Crippen molar-refractivity contribution >= 4 is 6.08 Å². The molecule has 1 rings (SSSR count). The third-order valence-electron chi connectivity index (χ3n) is 2.66. The van der Waals surface area contributed by atoms with Crippen molar-refractivity contribution in [3.8, 4) is 11.5 Å². The van der Waals surface area contributed by atoms with Crippen LogP contribution >= 0.6 is 0 Å². The van der Waals surface area contributed by atoms with E-state index in [2.05, 4.69) is 6.58 Å². The van der Waals surface area contributed by atoms with Gasteiger partial charge in [-0.05, 0) is 31.5 Å². The topological polar surface area (TPSA) is 44.5 Å². The lowest BCUT2D eigenvalue weighted by Crippen LogP contribution is -2.15. The first-order chi connectivity index (χ1) is 8.58. The van der Waals surface area contributed by atoms with Gasteiger partial charge in [0, 0.05) is 6.04 Å². The average Bonchev–Trinajstić information content (AvgIpc) is 2.36. The molecule has 1 aromatic rings. The molecule has 1 aromatic carbocycles. The number of methoxy groups -OCH3 is 1. The monoisotopic (exact) mass is 247 g/mol. The van der Waals surface area contributed by atoms with Gasteiger partial charge in [-0.1, -0.05) is 30.4 Å². The van der Waals surface area contributed by atoms with E-state index in [4.69, 9.17) is 15.2 Å². The van der Waals surface area contributed by atoms with Crippen molar-refractivity contribution in [3.63, 3.8) is 0 Å². The van der Waals surface area contributed by atoms with Crippen LogP contribution in [-0.4, -0.2) is 19.8 Å². The molecule has 0 radical (unpaired) electrons. The Balaban J connectivity index is 2.98. The Labute approximate surface area is 109 Å². The van der Waals surface area contributed by atoms with Gasteiger partial charge in [0.25, 0.3) is 0 Å². The van der Waals surface area contributed by atoms with Crippen LogP contribution in [0.15, 0.2) is 36.4 Å². The second-order valence-corrected chi connectivity index (χ2v) is 4.19. The molecule has 0 amide bonds. The molecule has 3 nitrogen and oxygen atoms in total. The molecule has 1 atom stereocenters. The Morgan fingerprint density at radius 2 is 2.17 bits per heavy atom. The summed E-state index contributed by atoms with van der Waals surface area (Å²) in [6.45, 7) is 8.06. The van der Waals surface area contributed by atoms with E-state index < -0.39 is 0 Å². The van der Waals surface area contributed by atoms with Crippen LogP contribution in [0.3, 0.4) is 0 Å². The van der Waals surface area contributed by atoms with Gasteiger partial charge in [-0.2, -0.15) is 0 Å². The molecule has 18 heavy (non-hydrogen) atoms. The van der Waals surface area contributed by atoms with E-state index in [1.54, 1.807) is 13.2 Å². The Morgan fingerprint density at radius 1 is 1.44 bits per heavy atom. The lowest BCUT2D eigenvalue weighted by molar-refractivity contribution is 0.326. The molecule has 1 unspecified atom stereocenters. The van der Waals surface area contributed by atoms with Crippen LogP contribution in [0.1, 0.15) is 19.4 Å². The molecule has 2 N–H and O–H groups in total. The van der Waals surface area contributed by atoms with Gasteiger partial charge in [-0.25, -0.2) is 0 Å². The van der Waals surface area contributed by atoms with Gasteiger partial charge in [0.1, 0.15) is 6.61 Å². The summed E-state index contributed by atoms with van der Waals surface area (Å²) in [5, 5.41) is 0. The first kappa shape index (κ1) is 14.3. The van der Waals surface area contributed by atoms with Crippen molar-refractivity contribution in [3.05, 3.63) is 42.0 Å². The molecular formula is C15H21NO2. The number of ether oxygens (including phenoxy) is 2. The van der Waals surface area contributed by atoms with Crippen molar-refractivity contribution in [1.29, 1.82) is 0 Å². The Hall–Kier alpha value is -1.74. The zero-order valence-corrected chi connectivity index (χ0v) is 11.3. The van der Waals surface area contributed by atoms with Crippen molar-refractivity contribution in [1.82, 2.24) is 0 Å². The van der Waals surface area contributed by atoms with Gasteiger partial charge >= 0.3 is 0 Å².